The molecule has 1 unspecified atom stereocenters. The number of nitrogens with one attached hydrogen (secondary N) is 1. The fourth-order valence-corrected chi connectivity index (χ4v) is 1.67. The van der Waals surface area contributed by atoms with Gasteiger partial charge in [-0.15, -0.1) is 6.58 Å². The zero-order valence-corrected chi connectivity index (χ0v) is 10.5. The quantitative estimate of drug-likeness (QED) is 0.558. The fourth-order valence-electron chi connectivity index (χ4n) is 1.67. The van der Waals surface area contributed by atoms with Crippen LogP contribution < -0.4 is 5.32 Å². The van der Waals surface area contributed by atoms with Gasteiger partial charge < -0.3 is 10.1 Å². The van der Waals surface area contributed by atoms with Gasteiger partial charge in [0, 0.05) is 26.2 Å². The molecule has 15 heavy (non-hydrogen) atoms. The number of hydrogen-bond donors (Lipinski definition) is 1. The summed E-state index contributed by atoms with van der Waals surface area (Å²) < 4.78 is 5.26. The van der Waals surface area contributed by atoms with Gasteiger partial charge >= 0.3 is 0 Å². The topological polar surface area (TPSA) is 24.5 Å². The van der Waals surface area contributed by atoms with Gasteiger partial charge in [-0.05, 0) is 19.5 Å². The van der Waals surface area contributed by atoms with Crippen molar-refractivity contribution in [2.45, 2.75) is 26.3 Å². The van der Waals surface area contributed by atoms with E-state index < -0.39 is 0 Å². The van der Waals surface area contributed by atoms with E-state index in [1.807, 2.05) is 6.08 Å². The SMILES string of the molecule is C=CCN(CCC)C(CNCC)COC. The van der Waals surface area contributed by atoms with E-state index >= 15 is 0 Å². The second-order valence-electron chi connectivity index (χ2n) is 3.70. The van der Waals surface area contributed by atoms with Crippen molar-refractivity contribution in [1.82, 2.24) is 10.2 Å². The van der Waals surface area contributed by atoms with E-state index in [0.29, 0.717) is 6.04 Å². The molecule has 0 aliphatic carbocycles. The Morgan fingerprint density at radius 3 is 2.67 bits per heavy atom. The van der Waals surface area contributed by atoms with E-state index in [2.05, 4.69) is 30.6 Å². The minimum absolute atomic E-state index is 0.452. The van der Waals surface area contributed by atoms with Crippen LogP contribution >= 0.6 is 0 Å². The monoisotopic (exact) mass is 214 g/mol. The van der Waals surface area contributed by atoms with Gasteiger partial charge in [0.1, 0.15) is 0 Å². The first-order valence-electron chi connectivity index (χ1n) is 5.84. The van der Waals surface area contributed by atoms with Crippen LogP contribution in [0.5, 0.6) is 0 Å². The van der Waals surface area contributed by atoms with Crippen molar-refractivity contribution in [3.63, 3.8) is 0 Å². The summed E-state index contributed by atoms with van der Waals surface area (Å²) >= 11 is 0. The molecular weight excluding hydrogens is 188 g/mol. The summed E-state index contributed by atoms with van der Waals surface area (Å²) in [6.07, 6.45) is 3.13. The smallest absolute Gasteiger partial charge is 0.0630 e. The van der Waals surface area contributed by atoms with Gasteiger partial charge in [-0.2, -0.15) is 0 Å². The van der Waals surface area contributed by atoms with Crippen LogP contribution in [0.1, 0.15) is 20.3 Å². The normalized spacial score (nSPS) is 13.1. The Hall–Kier alpha value is -0.380. The van der Waals surface area contributed by atoms with E-state index in [-0.39, 0.29) is 0 Å². The Bertz CT molecular complexity index is 151. The van der Waals surface area contributed by atoms with E-state index in [0.717, 1.165) is 32.8 Å². The highest BCUT2D eigenvalue weighted by molar-refractivity contribution is 4.80. The lowest BCUT2D eigenvalue weighted by molar-refractivity contribution is 0.0967. The summed E-state index contributed by atoms with van der Waals surface area (Å²) in [7, 11) is 1.76. The lowest BCUT2D eigenvalue weighted by Crippen LogP contribution is -2.45. The third-order valence-electron chi connectivity index (χ3n) is 2.38. The highest BCUT2D eigenvalue weighted by Crippen LogP contribution is 2.01. The molecule has 1 atom stereocenters. The molecule has 0 saturated heterocycles. The first-order chi connectivity index (χ1) is 7.29. The zero-order chi connectivity index (χ0) is 11.5. The second kappa shape index (κ2) is 10.1. The number of ether oxygens (including phenoxy) is 1. The maximum Gasteiger partial charge on any atom is 0.0630 e. The molecule has 0 amide bonds. The number of methoxy groups -OCH3 is 1. The minimum Gasteiger partial charge on any atom is -0.383 e. The largest absolute Gasteiger partial charge is 0.383 e. The lowest BCUT2D eigenvalue weighted by Gasteiger charge is -2.30. The summed E-state index contributed by atoms with van der Waals surface area (Å²) in [5, 5.41) is 3.37. The van der Waals surface area contributed by atoms with Crippen LogP contribution in [0, 0.1) is 0 Å². The van der Waals surface area contributed by atoms with E-state index in [4.69, 9.17) is 4.74 Å². The van der Waals surface area contributed by atoms with Gasteiger partial charge in [-0.25, -0.2) is 0 Å². The molecule has 3 heteroatoms. The van der Waals surface area contributed by atoms with Crippen molar-refractivity contribution in [3.8, 4) is 0 Å². The Morgan fingerprint density at radius 1 is 1.47 bits per heavy atom. The van der Waals surface area contributed by atoms with Crippen LogP contribution in [0.4, 0.5) is 0 Å². The van der Waals surface area contributed by atoms with Crippen molar-refractivity contribution >= 4 is 0 Å². The molecule has 0 aliphatic rings. The molecule has 3 nitrogen and oxygen atoms in total. The van der Waals surface area contributed by atoms with Crippen molar-refractivity contribution in [2.24, 2.45) is 0 Å². The van der Waals surface area contributed by atoms with E-state index in [9.17, 15) is 0 Å². The van der Waals surface area contributed by atoms with Crippen molar-refractivity contribution in [2.75, 3.05) is 39.9 Å². The number of nitrogens with zero attached hydrogens (tertiary/aromatic N) is 1. The summed E-state index contributed by atoms with van der Waals surface area (Å²) in [5.41, 5.74) is 0. The standard InChI is InChI=1S/C12H26N2O/c1-5-8-14(9-6-2)12(11-15-4)10-13-7-3/h5,12-13H,1,6-11H2,2-4H3. The molecule has 0 heterocycles. The molecule has 0 aliphatic heterocycles. The number of likely N-dealkylation sites (N-methyl/N-ethyl adjacent to an activating group) is 1. The maximum absolute atomic E-state index is 5.26. The highest BCUT2D eigenvalue weighted by Gasteiger charge is 2.15. The van der Waals surface area contributed by atoms with Gasteiger partial charge in [-0.1, -0.05) is 19.9 Å². The molecule has 0 spiro atoms. The van der Waals surface area contributed by atoms with Crippen LogP contribution in [-0.2, 0) is 4.74 Å². The summed E-state index contributed by atoms with van der Waals surface area (Å²) in [5.74, 6) is 0. The Morgan fingerprint density at radius 2 is 2.20 bits per heavy atom. The average Bonchev–Trinajstić information content (AvgIpc) is 2.24. The molecule has 0 rings (SSSR count). The van der Waals surface area contributed by atoms with E-state index in [1.54, 1.807) is 7.11 Å². The van der Waals surface area contributed by atoms with Gasteiger partial charge in [-0.3, -0.25) is 4.90 Å². The summed E-state index contributed by atoms with van der Waals surface area (Å²) in [6.45, 7) is 12.9. The predicted octanol–water partition coefficient (Wildman–Crippen LogP) is 1.51. The first kappa shape index (κ1) is 14.6. The molecule has 0 fully saturated rings. The van der Waals surface area contributed by atoms with Crippen molar-refractivity contribution in [3.05, 3.63) is 12.7 Å². The highest BCUT2D eigenvalue weighted by atomic mass is 16.5. The number of hydrogen-bond acceptors (Lipinski definition) is 3. The van der Waals surface area contributed by atoms with Crippen LogP contribution in [0.3, 0.4) is 0 Å². The first-order valence-corrected chi connectivity index (χ1v) is 5.84. The zero-order valence-electron chi connectivity index (χ0n) is 10.5. The lowest BCUT2D eigenvalue weighted by atomic mass is 10.2. The molecule has 0 aromatic carbocycles. The summed E-state index contributed by atoms with van der Waals surface area (Å²) in [4.78, 5) is 2.42. The van der Waals surface area contributed by atoms with E-state index in [1.165, 1.54) is 6.42 Å². The molecule has 0 aromatic rings. The minimum atomic E-state index is 0.452. The molecule has 0 saturated carbocycles. The van der Waals surface area contributed by atoms with Crippen LogP contribution in [-0.4, -0.2) is 50.8 Å². The Balaban J connectivity index is 4.15. The van der Waals surface area contributed by atoms with Crippen LogP contribution in [0.15, 0.2) is 12.7 Å². The molecule has 0 radical (unpaired) electrons. The van der Waals surface area contributed by atoms with Gasteiger partial charge in [0.25, 0.3) is 0 Å². The molecule has 0 bridgehead atoms. The predicted molar refractivity (Wildman–Crippen MR) is 66.3 cm³/mol. The maximum atomic E-state index is 5.26. The third-order valence-corrected chi connectivity index (χ3v) is 2.38. The second-order valence-corrected chi connectivity index (χ2v) is 3.70. The van der Waals surface area contributed by atoms with Gasteiger partial charge in [0.05, 0.1) is 6.61 Å². The third kappa shape index (κ3) is 6.66. The Labute approximate surface area is 94.5 Å². The Kier molecular flexibility index (Phi) is 9.89. The molecule has 0 aromatic heterocycles. The van der Waals surface area contributed by atoms with Crippen molar-refractivity contribution in [1.29, 1.82) is 0 Å². The van der Waals surface area contributed by atoms with Crippen LogP contribution in [0.2, 0.25) is 0 Å². The number of rotatable bonds is 10. The molecule has 90 valence electrons. The van der Waals surface area contributed by atoms with Gasteiger partial charge in [0.15, 0.2) is 0 Å². The molecular formula is C12H26N2O. The molecule has 1 N–H and O–H groups in total. The summed E-state index contributed by atoms with van der Waals surface area (Å²) in [6, 6.07) is 0.452. The van der Waals surface area contributed by atoms with Gasteiger partial charge in [0.2, 0.25) is 0 Å². The van der Waals surface area contributed by atoms with Crippen molar-refractivity contribution < 1.29 is 4.74 Å². The average molecular weight is 214 g/mol. The fraction of sp³-hybridized carbons (Fsp3) is 0.833. The van der Waals surface area contributed by atoms with Crippen LogP contribution in [0.25, 0.3) is 0 Å².